The Balaban J connectivity index is 2.53. The lowest BCUT2D eigenvalue weighted by Crippen LogP contribution is -2.30. The van der Waals surface area contributed by atoms with Gasteiger partial charge in [0.05, 0.1) is 6.42 Å². The molecule has 60 valence electrons. The summed E-state index contributed by atoms with van der Waals surface area (Å²) in [5.74, 6) is -0.510. The fourth-order valence-corrected chi connectivity index (χ4v) is 0.917. The lowest BCUT2D eigenvalue weighted by Gasteiger charge is -2.00. The van der Waals surface area contributed by atoms with Crippen molar-refractivity contribution in [1.29, 1.82) is 0 Å². The van der Waals surface area contributed by atoms with Crippen LogP contribution in [-0.4, -0.2) is 23.2 Å². The molecule has 0 aromatic rings. The molecule has 2 N–H and O–H groups in total. The Morgan fingerprint density at radius 2 is 2.18 bits per heavy atom. The van der Waals surface area contributed by atoms with E-state index in [2.05, 4.69) is 5.32 Å². The standard InChI is InChI=1S/C5H5ClN2O3/c6-3(9)1-2-4(10)8-5(11)7-2/h2H,1H2,(H2,7,8,10,11)/t2-/m1/s1. The predicted octanol–water partition coefficient (Wildman–Crippen LogP) is -0.650. The first kappa shape index (κ1) is 8.00. The number of halogens is 1. The first-order valence-corrected chi connectivity index (χ1v) is 3.27. The average Bonchev–Trinajstić information content (AvgIpc) is 2.09. The third kappa shape index (κ3) is 1.91. The van der Waals surface area contributed by atoms with Crippen LogP contribution in [0.5, 0.6) is 0 Å². The predicted molar refractivity (Wildman–Crippen MR) is 35.9 cm³/mol. The molecule has 1 fully saturated rings. The fraction of sp³-hybridized carbons (Fsp3) is 0.400. The number of hydrogen-bond acceptors (Lipinski definition) is 3. The van der Waals surface area contributed by atoms with E-state index >= 15 is 0 Å². The van der Waals surface area contributed by atoms with Gasteiger partial charge in [-0.05, 0) is 11.6 Å². The molecule has 1 aliphatic rings. The molecule has 0 unspecified atom stereocenters. The summed E-state index contributed by atoms with van der Waals surface area (Å²) in [6.45, 7) is 0. The van der Waals surface area contributed by atoms with Crippen molar-refractivity contribution < 1.29 is 14.4 Å². The second kappa shape index (κ2) is 2.87. The van der Waals surface area contributed by atoms with Crippen molar-refractivity contribution in [2.75, 3.05) is 0 Å². The quantitative estimate of drug-likeness (QED) is 0.434. The molecule has 1 atom stereocenters. The van der Waals surface area contributed by atoms with Crippen LogP contribution in [0.4, 0.5) is 4.79 Å². The number of imide groups is 1. The third-order valence-corrected chi connectivity index (χ3v) is 1.38. The lowest BCUT2D eigenvalue weighted by atomic mass is 10.2. The fourth-order valence-electron chi connectivity index (χ4n) is 0.763. The van der Waals surface area contributed by atoms with Crippen molar-refractivity contribution in [3.05, 3.63) is 0 Å². The second-order valence-electron chi connectivity index (χ2n) is 2.07. The monoisotopic (exact) mass is 176 g/mol. The Labute approximate surface area is 67.1 Å². The van der Waals surface area contributed by atoms with Gasteiger partial charge in [0, 0.05) is 0 Å². The van der Waals surface area contributed by atoms with Gasteiger partial charge in [0.25, 0.3) is 5.91 Å². The first-order chi connectivity index (χ1) is 5.09. The lowest BCUT2D eigenvalue weighted by molar-refractivity contribution is -0.122. The number of amides is 3. The minimum absolute atomic E-state index is 0.168. The maximum Gasteiger partial charge on any atom is 0.322 e. The first-order valence-electron chi connectivity index (χ1n) is 2.89. The highest BCUT2D eigenvalue weighted by Crippen LogP contribution is 2.01. The van der Waals surface area contributed by atoms with Crippen molar-refractivity contribution >= 4 is 28.8 Å². The number of carbonyl (C=O) groups is 3. The van der Waals surface area contributed by atoms with E-state index in [4.69, 9.17) is 11.6 Å². The number of hydrogen-bond donors (Lipinski definition) is 2. The molecule has 1 aliphatic heterocycles. The summed E-state index contributed by atoms with van der Waals surface area (Å²) >= 11 is 5.00. The Hall–Kier alpha value is -1.10. The van der Waals surface area contributed by atoms with Gasteiger partial charge in [-0.15, -0.1) is 0 Å². The molecule has 0 saturated carbocycles. The highest BCUT2D eigenvalue weighted by molar-refractivity contribution is 6.63. The minimum Gasteiger partial charge on any atom is -0.325 e. The molecule has 0 aromatic carbocycles. The van der Waals surface area contributed by atoms with Crippen LogP contribution in [0.1, 0.15) is 6.42 Å². The highest BCUT2D eigenvalue weighted by atomic mass is 35.5. The maximum absolute atomic E-state index is 10.7. The minimum atomic E-state index is -0.799. The van der Waals surface area contributed by atoms with Crippen molar-refractivity contribution in [3.8, 4) is 0 Å². The number of nitrogens with one attached hydrogen (secondary N) is 2. The molecular formula is C5H5ClN2O3. The Kier molecular flexibility index (Phi) is 2.09. The molecule has 3 amide bonds. The van der Waals surface area contributed by atoms with E-state index in [1.807, 2.05) is 5.32 Å². The molecule has 1 saturated heterocycles. The van der Waals surface area contributed by atoms with Crippen molar-refractivity contribution in [2.24, 2.45) is 0 Å². The van der Waals surface area contributed by atoms with Crippen molar-refractivity contribution in [1.82, 2.24) is 10.6 Å². The maximum atomic E-state index is 10.7. The molecule has 11 heavy (non-hydrogen) atoms. The Morgan fingerprint density at radius 1 is 1.55 bits per heavy atom. The summed E-state index contributed by atoms with van der Waals surface area (Å²) in [7, 11) is 0. The zero-order chi connectivity index (χ0) is 8.43. The molecule has 1 heterocycles. The molecule has 0 spiro atoms. The van der Waals surface area contributed by atoms with Gasteiger partial charge in [0.15, 0.2) is 0 Å². The van der Waals surface area contributed by atoms with Gasteiger partial charge in [-0.2, -0.15) is 0 Å². The molecule has 0 bridgehead atoms. The molecular weight excluding hydrogens is 172 g/mol. The van der Waals surface area contributed by atoms with Gasteiger partial charge in [-0.1, -0.05) is 0 Å². The van der Waals surface area contributed by atoms with Gasteiger partial charge in [0.2, 0.25) is 5.24 Å². The molecule has 0 radical (unpaired) electrons. The zero-order valence-electron chi connectivity index (χ0n) is 5.39. The summed E-state index contributed by atoms with van der Waals surface area (Å²) in [6, 6.07) is -1.38. The van der Waals surface area contributed by atoms with Crippen LogP contribution >= 0.6 is 11.6 Å². The normalized spacial score (nSPS) is 22.8. The van der Waals surface area contributed by atoms with Gasteiger partial charge >= 0.3 is 6.03 Å². The largest absolute Gasteiger partial charge is 0.325 e. The van der Waals surface area contributed by atoms with Gasteiger partial charge in [0.1, 0.15) is 6.04 Å². The van der Waals surface area contributed by atoms with Crippen LogP contribution in [-0.2, 0) is 9.59 Å². The van der Waals surface area contributed by atoms with E-state index in [0.717, 1.165) is 0 Å². The Morgan fingerprint density at radius 3 is 2.55 bits per heavy atom. The van der Waals surface area contributed by atoms with E-state index in [-0.39, 0.29) is 6.42 Å². The highest BCUT2D eigenvalue weighted by Gasteiger charge is 2.30. The summed E-state index contributed by atoms with van der Waals surface area (Å²) in [5, 5.41) is 3.56. The SMILES string of the molecule is O=C(Cl)C[C@H]1NC(=O)NC1=O. The van der Waals surface area contributed by atoms with E-state index in [9.17, 15) is 14.4 Å². The second-order valence-corrected chi connectivity index (χ2v) is 2.50. The number of urea groups is 1. The van der Waals surface area contributed by atoms with Crippen LogP contribution < -0.4 is 10.6 Å². The summed E-state index contributed by atoms with van der Waals surface area (Å²) in [5.41, 5.74) is 0. The van der Waals surface area contributed by atoms with E-state index < -0.39 is 23.2 Å². The molecule has 0 aromatic heterocycles. The number of rotatable bonds is 2. The molecule has 1 rings (SSSR count). The molecule has 5 nitrogen and oxygen atoms in total. The summed E-state index contributed by atoms with van der Waals surface area (Å²) in [4.78, 5) is 31.4. The average molecular weight is 177 g/mol. The summed E-state index contributed by atoms with van der Waals surface area (Å²) in [6.07, 6.45) is -0.168. The smallest absolute Gasteiger partial charge is 0.322 e. The van der Waals surface area contributed by atoms with Crippen LogP contribution in [0.2, 0.25) is 0 Å². The van der Waals surface area contributed by atoms with Crippen molar-refractivity contribution in [2.45, 2.75) is 12.5 Å². The van der Waals surface area contributed by atoms with Crippen LogP contribution in [0, 0.1) is 0 Å². The van der Waals surface area contributed by atoms with Gasteiger partial charge in [-0.3, -0.25) is 14.9 Å². The topological polar surface area (TPSA) is 75.3 Å². The van der Waals surface area contributed by atoms with Crippen LogP contribution in [0.25, 0.3) is 0 Å². The van der Waals surface area contributed by atoms with Gasteiger partial charge in [-0.25, -0.2) is 4.79 Å². The van der Waals surface area contributed by atoms with E-state index in [0.29, 0.717) is 0 Å². The molecule has 6 heteroatoms. The zero-order valence-corrected chi connectivity index (χ0v) is 6.14. The number of carbonyl (C=O) groups excluding carboxylic acids is 3. The van der Waals surface area contributed by atoms with E-state index in [1.165, 1.54) is 0 Å². The van der Waals surface area contributed by atoms with Crippen LogP contribution in [0.15, 0.2) is 0 Å². The van der Waals surface area contributed by atoms with Crippen LogP contribution in [0.3, 0.4) is 0 Å². The van der Waals surface area contributed by atoms with E-state index in [1.54, 1.807) is 0 Å². The Bertz CT molecular complexity index is 228. The molecule has 0 aliphatic carbocycles. The third-order valence-electron chi connectivity index (χ3n) is 1.22. The van der Waals surface area contributed by atoms with Crippen molar-refractivity contribution in [3.63, 3.8) is 0 Å². The van der Waals surface area contributed by atoms with Gasteiger partial charge < -0.3 is 5.32 Å². The summed E-state index contributed by atoms with van der Waals surface area (Å²) < 4.78 is 0.